The van der Waals surface area contributed by atoms with Crippen LogP contribution in [0.2, 0.25) is 0 Å². The van der Waals surface area contributed by atoms with Crippen LogP contribution in [-0.4, -0.2) is 44.5 Å². The fourth-order valence-electron chi connectivity index (χ4n) is 2.01. The van der Waals surface area contributed by atoms with Gasteiger partial charge in [-0.15, -0.1) is 0 Å². The summed E-state index contributed by atoms with van der Waals surface area (Å²) in [5, 5.41) is 2.97. The normalized spacial score (nSPS) is 10.1. The van der Waals surface area contributed by atoms with Gasteiger partial charge in [0, 0.05) is 17.7 Å². The molecular weight excluding hydrogens is 262 g/mol. The molecule has 0 aliphatic heterocycles. The van der Waals surface area contributed by atoms with E-state index < -0.39 is 0 Å². The van der Waals surface area contributed by atoms with Gasteiger partial charge in [0.15, 0.2) is 0 Å². The Morgan fingerprint density at radius 2 is 2.10 bits per heavy atom. The Morgan fingerprint density at radius 1 is 1.33 bits per heavy atom. The van der Waals surface area contributed by atoms with Gasteiger partial charge in [-0.25, -0.2) is 0 Å². The van der Waals surface area contributed by atoms with Crippen LogP contribution in [-0.2, 0) is 0 Å². The lowest BCUT2D eigenvalue weighted by Crippen LogP contribution is -2.26. The second-order valence-electron chi connectivity index (χ2n) is 5.25. The van der Waals surface area contributed by atoms with Gasteiger partial charge in [-0.05, 0) is 58.1 Å². The van der Waals surface area contributed by atoms with Crippen molar-refractivity contribution < 1.29 is 4.79 Å². The summed E-state index contributed by atoms with van der Waals surface area (Å²) in [5.41, 5.74) is 7.84. The number of benzene rings is 1. The molecular formula is C17H25N3O. The van der Waals surface area contributed by atoms with E-state index in [0.717, 1.165) is 30.5 Å². The first-order chi connectivity index (χ1) is 10.1. The van der Waals surface area contributed by atoms with E-state index in [1.807, 2.05) is 25.1 Å². The van der Waals surface area contributed by atoms with E-state index in [1.54, 1.807) is 0 Å². The third-order valence-corrected chi connectivity index (χ3v) is 3.22. The van der Waals surface area contributed by atoms with Gasteiger partial charge in [0.1, 0.15) is 0 Å². The number of carbonyl (C=O) groups is 1. The third-order valence-electron chi connectivity index (χ3n) is 3.22. The highest BCUT2D eigenvalue weighted by Gasteiger charge is 2.10. The first kappa shape index (κ1) is 17.2. The van der Waals surface area contributed by atoms with Crippen LogP contribution in [0.25, 0.3) is 0 Å². The number of rotatable bonds is 6. The van der Waals surface area contributed by atoms with Gasteiger partial charge in [-0.2, -0.15) is 0 Å². The molecule has 114 valence electrons. The predicted molar refractivity (Wildman–Crippen MR) is 87.2 cm³/mol. The maximum atomic E-state index is 12.2. The van der Waals surface area contributed by atoms with E-state index in [2.05, 4.69) is 36.2 Å². The molecule has 0 unspecified atom stereocenters. The molecule has 3 N–H and O–H groups in total. The fraction of sp³-hybridized carbons (Fsp3) is 0.471. The summed E-state index contributed by atoms with van der Waals surface area (Å²) in [6.45, 7) is 3.98. The Morgan fingerprint density at radius 3 is 2.76 bits per heavy atom. The SMILES string of the molecule is Cc1c(C#CCN)cccc1C(=O)NCCCCN(C)C. The fourth-order valence-corrected chi connectivity index (χ4v) is 2.01. The number of carbonyl (C=O) groups excluding carboxylic acids is 1. The van der Waals surface area contributed by atoms with E-state index in [1.165, 1.54) is 0 Å². The average Bonchev–Trinajstić information content (AvgIpc) is 2.45. The molecule has 21 heavy (non-hydrogen) atoms. The topological polar surface area (TPSA) is 58.4 Å². The van der Waals surface area contributed by atoms with Gasteiger partial charge in [0.2, 0.25) is 0 Å². The van der Waals surface area contributed by atoms with Crippen LogP contribution in [0, 0.1) is 18.8 Å². The molecule has 0 bridgehead atoms. The van der Waals surface area contributed by atoms with Crippen LogP contribution in [0.3, 0.4) is 0 Å². The maximum absolute atomic E-state index is 12.2. The van der Waals surface area contributed by atoms with E-state index >= 15 is 0 Å². The summed E-state index contributed by atoms with van der Waals surface area (Å²) in [7, 11) is 4.10. The van der Waals surface area contributed by atoms with Gasteiger partial charge < -0.3 is 16.0 Å². The summed E-state index contributed by atoms with van der Waals surface area (Å²) in [4.78, 5) is 14.3. The summed E-state index contributed by atoms with van der Waals surface area (Å²) in [6, 6.07) is 5.60. The number of hydrogen-bond acceptors (Lipinski definition) is 3. The summed E-state index contributed by atoms with van der Waals surface area (Å²) >= 11 is 0. The molecule has 0 aliphatic carbocycles. The van der Waals surface area contributed by atoms with Crippen LogP contribution >= 0.6 is 0 Å². The van der Waals surface area contributed by atoms with Crippen molar-refractivity contribution in [2.24, 2.45) is 5.73 Å². The van der Waals surface area contributed by atoms with Crippen LogP contribution in [0.4, 0.5) is 0 Å². The highest BCUT2D eigenvalue weighted by molar-refractivity contribution is 5.96. The number of unbranched alkanes of at least 4 members (excludes halogenated alkanes) is 1. The molecule has 0 heterocycles. The summed E-state index contributed by atoms with van der Waals surface area (Å²) < 4.78 is 0. The number of nitrogens with one attached hydrogen (secondary N) is 1. The predicted octanol–water partition coefficient (Wildman–Crippen LogP) is 1.38. The average molecular weight is 287 g/mol. The van der Waals surface area contributed by atoms with Gasteiger partial charge in [-0.3, -0.25) is 4.79 Å². The molecule has 0 aromatic heterocycles. The summed E-state index contributed by atoms with van der Waals surface area (Å²) in [5.74, 6) is 5.79. The van der Waals surface area contributed by atoms with Crippen molar-refractivity contribution in [3.05, 3.63) is 34.9 Å². The van der Waals surface area contributed by atoms with Crippen molar-refractivity contribution >= 4 is 5.91 Å². The van der Waals surface area contributed by atoms with Gasteiger partial charge in [-0.1, -0.05) is 17.9 Å². The van der Waals surface area contributed by atoms with Gasteiger partial charge in [0.05, 0.1) is 6.54 Å². The molecule has 4 heteroatoms. The number of nitrogens with two attached hydrogens (primary N) is 1. The van der Waals surface area contributed by atoms with E-state index in [-0.39, 0.29) is 5.91 Å². The van der Waals surface area contributed by atoms with Crippen LogP contribution < -0.4 is 11.1 Å². The van der Waals surface area contributed by atoms with Crippen LogP contribution in [0.1, 0.15) is 34.3 Å². The molecule has 0 radical (unpaired) electrons. The Kier molecular flexibility index (Phi) is 7.52. The highest BCUT2D eigenvalue weighted by atomic mass is 16.1. The van der Waals surface area contributed by atoms with Gasteiger partial charge in [0.25, 0.3) is 5.91 Å². The second-order valence-corrected chi connectivity index (χ2v) is 5.25. The van der Waals surface area contributed by atoms with Gasteiger partial charge >= 0.3 is 0 Å². The molecule has 1 amide bonds. The smallest absolute Gasteiger partial charge is 0.251 e. The largest absolute Gasteiger partial charge is 0.352 e. The second kappa shape index (κ2) is 9.17. The van der Waals surface area contributed by atoms with Crippen molar-refractivity contribution in [3.63, 3.8) is 0 Å². The standard InChI is InChI=1S/C17H25N3O/c1-14-15(9-7-11-18)8-6-10-16(14)17(21)19-12-4-5-13-20(2)3/h6,8,10H,4-5,11-13,18H2,1-3H3,(H,19,21). The molecule has 4 nitrogen and oxygen atoms in total. The monoisotopic (exact) mass is 287 g/mol. The molecule has 1 aromatic rings. The van der Waals surface area contributed by atoms with Crippen molar-refractivity contribution in [2.45, 2.75) is 19.8 Å². The number of amides is 1. The van der Waals surface area contributed by atoms with Crippen LogP contribution in [0.15, 0.2) is 18.2 Å². The van der Waals surface area contributed by atoms with Crippen molar-refractivity contribution in [3.8, 4) is 11.8 Å². The zero-order valence-corrected chi connectivity index (χ0v) is 13.2. The number of nitrogens with zero attached hydrogens (tertiary/aromatic N) is 1. The Hall–Kier alpha value is -1.83. The lowest BCUT2D eigenvalue weighted by Gasteiger charge is -2.11. The minimum absolute atomic E-state index is 0.0336. The number of hydrogen-bond donors (Lipinski definition) is 2. The van der Waals surface area contributed by atoms with E-state index in [4.69, 9.17) is 5.73 Å². The molecule has 0 fully saturated rings. The Labute approximate surface area is 127 Å². The Bertz CT molecular complexity index is 527. The lowest BCUT2D eigenvalue weighted by molar-refractivity contribution is 0.0952. The molecule has 0 saturated heterocycles. The Balaban J connectivity index is 2.58. The van der Waals surface area contributed by atoms with E-state index in [0.29, 0.717) is 18.7 Å². The van der Waals surface area contributed by atoms with Crippen LogP contribution in [0.5, 0.6) is 0 Å². The van der Waals surface area contributed by atoms with E-state index in [9.17, 15) is 4.79 Å². The molecule has 0 spiro atoms. The van der Waals surface area contributed by atoms with Crippen molar-refractivity contribution in [1.82, 2.24) is 10.2 Å². The molecule has 1 aromatic carbocycles. The first-order valence-electron chi connectivity index (χ1n) is 7.27. The molecule has 0 aliphatic rings. The zero-order chi connectivity index (χ0) is 15.7. The highest BCUT2D eigenvalue weighted by Crippen LogP contribution is 2.12. The first-order valence-corrected chi connectivity index (χ1v) is 7.27. The summed E-state index contributed by atoms with van der Waals surface area (Å²) in [6.07, 6.45) is 2.06. The molecule has 1 rings (SSSR count). The zero-order valence-electron chi connectivity index (χ0n) is 13.2. The maximum Gasteiger partial charge on any atom is 0.251 e. The molecule has 0 atom stereocenters. The minimum atomic E-state index is -0.0336. The minimum Gasteiger partial charge on any atom is -0.352 e. The van der Waals surface area contributed by atoms with Crippen molar-refractivity contribution in [2.75, 3.05) is 33.7 Å². The quantitative estimate of drug-likeness (QED) is 0.614. The van der Waals surface area contributed by atoms with Crippen molar-refractivity contribution in [1.29, 1.82) is 0 Å². The lowest BCUT2D eigenvalue weighted by atomic mass is 10.0. The molecule has 0 saturated carbocycles. The third kappa shape index (κ3) is 5.99.